The summed E-state index contributed by atoms with van der Waals surface area (Å²) in [5, 5.41) is 3.92. The highest BCUT2D eigenvalue weighted by atomic mass is 16.6. The number of likely N-dealkylation sites (tertiary alicyclic amines) is 1. The molecule has 11 nitrogen and oxygen atoms in total. The predicted molar refractivity (Wildman–Crippen MR) is 130 cm³/mol. The first-order chi connectivity index (χ1) is 16.0. The topological polar surface area (TPSA) is 148 Å². The van der Waals surface area contributed by atoms with Gasteiger partial charge in [0.2, 0.25) is 17.7 Å². The van der Waals surface area contributed by atoms with Crippen LogP contribution in [0.4, 0.5) is 10.5 Å². The molecule has 34 heavy (non-hydrogen) atoms. The van der Waals surface area contributed by atoms with Crippen LogP contribution in [-0.4, -0.2) is 58.7 Å². The van der Waals surface area contributed by atoms with Gasteiger partial charge in [-0.3, -0.25) is 0 Å². The lowest BCUT2D eigenvalue weighted by Crippen LogP contribution is -2.41. The number of carbonyl (C=O) groups excluding carboxylic acids is 1. The van der Waals surface area contributed by atoms with Crippen LogP contribution >= 0.6 is 0 Å². The Morgan fingerprint density at radius 1 is 1.21 bits per heavy atom. The van der Waals surface area contributed by atoms with Crippen molar-refractivity contribution in [3.63, 3.8) is 0 Å². The Hall–Kier alpha value is -3.89. The minimum absolute atomic E-state index is 0.0121. The van der Waals surface area contributed by atoms with E-state index in [9.17, 15) is 4.79 Å². The van der Waals surface area contributed by atoms with Gasteiger partial charge in [0.25, 0.3) is 0 Å². The second kappa shape index (κ2) is 10.4. The molecule has 1 aromatic carbocycles. The van der Waals surface area contributed by atoms with E-state index in [4.69, 9.17) is 20.7 Å². The van der Waals surface area contributed by atoms with Gasteiger partial charge in [0.1, 0.15) is 11.4 Å². The molecular formula is C23H32N8O3. The number of anilines is 1. The van der Waals surface area contributed by atoms with Crippen LogP contribution in [0.3, 0.4) is 0 Å². The number of ether oxygens (including phenoxy) is 1. The molecule has 0 saturated carbocycles. The molecule has 0 atom stereocenters. The molecule has 0 radical (unpaired) electrons. The first kappa shape index (κ1) is 24.7. The van der Waals surface area contributed by atoms with Crippen LogP contribution < -0.4 is 16.4 Å². The molecule has 2 aromatic rings. The Labute approximate surface area is 199 Å². The summed E-state index contributed by atoms with van der Waals surface area (Å²) in [4.78, 5) is 28.3. The van der Waals surface area contributed by atoms with Gasteiger partial charge in [-0.25, -0.2) is 4.79 Å². The van der Waals surface area contributed by atoms with Crippen LogP contribution in [0.5, 0.6) is 0 Å². The molecule has 1 aromatic heterocycles. The number of hydrogen-bond acceptors (Lipinski definition) is 7. The van der Waals surface area contributed by atoms with Crippen molar-refractivity contribution in [2.24, 2.45) is 21.5 Å². The van der Waals surface area contributed by atoms with Crippen LogP contribution in [0.15, 0.2) is 57.2 Å². The van der Waals surface area contributed by atoms with Crippen molar-refractivity contribution in [1.29, 1.82) is 0 Å². The molecule has 1 fully saturated rings. The number of nitrogens with two attached hydrogens (primary N) is 2. The predicted octanol–water partition coefficient (Wildman–Crippen LogP) is 2.81. The van der Waals surface area contributed by atoms with Gasteiger partial charge in [0, 0.05) is 31.7 Å². The van der Waals surface area contributed by atoms with Crippen molar-refractivity contribution in [1.82, 2.24) is 15.0 Å². The Kier molecular flexibility index (Phi) is 7.54. The Morgan fingerprint density at radius 2 is 1.85 bits per heavy atom. The molecule has 1 aliphatic heterocycles. The van der Waals surface area contributed by atoms with E-state index < -0.39 is 5.60 Å². The number of guanidine groups is 1. The number of aromatic nitrogens is 2. The molecule has 0 spiro atoms. The maximum absolute atomic E-state index is 12.2. The van der Waals surface area contributed by atoms with Gasteiger partial charge in [-0.1, -0.05) is 29.9 Å². The molecule has 1 aliphatic rings. The zero-order chi connectivity index (χ0) is 24.9. The second-order valence-corrected chi connectivity index (χ2v) is 8.98. The number of benzene rings is 1. The molecule has 3 rings (SSSR count). The Balaban J connectivity index is 1.59. The summed E-state index contributed by atoms with van der Waals surface area (Å²) in [5.74, 6) is 0.884. The number of amidine groups is 1. The number of rotatable bonds is 5. The van der Waals surface area contributed by atoms with Gasteiger partial charge in [-0.15, -0.1) is 0 Å². The molecule has 2 heterocycles. The average molecular weight is 469 g/mol. The Bertz CT molecular complexity index is 1060. The summed E-state index contributed by atoms with van der Waals surface area (Å²) >= 11 is 0. The molecular weight excluding hydrogens is 436 g/mol. The van der Waals surface area contributed by atoms with Crippen molar-refractivity contribution in [3.05, 3.63) is 54.4 Å². The van der Waals surface area contributed by atoms with Crippen LogP contribution in [0.25, 0.3) is 0 Å². The quantitative estimate of drug-likeness (QED) is 0.503. The number of carbonyl (C=O) groups is 1. The summed E-state index contributed by atoms with van der Waals surface area (Å²) in [6.45, 7) is 10.5. The van der Waals surface area contributed by atoms with E-state index in [1.165, 1.54) is 0 Å². The molecule has 0 bridgehead atoms. The van der Waals surface area contributed by atoms with Crippen LogP contribution in [-0.2, 0) is 4.74 Å². The Morgan fingerprint density at radius 3 is 2.47 bits per heavy atom. The number of nitrogens with zero attached hydrogens (tertiary/aromatic N) is 6. The molecule has 0 aliphatic carbocycles. The molecule has 4 N–H and O–H groups in total. The van der Waals surface area contributed by atoms with Crippen LogP contribution in [0, 0.1) is 0 Å². The lowest BCUT2D eigenvalue weighted by atomic mass is 9.97. The monoisotopic (exact) mass is 468 g/mol. The van der Waals surface area contributed by atoms with E-state index >= 15 is 0 Å². The summed E-state index contributed by atoms with van der Waals surface area (Å²) < 4.78 is 10.8. The van der Waals surface area contributed by atoms with E-state index in [1.807, 2.05) is 58.2 Å². The number of amides is 1. The van der Waals surface area contributed by atoms with Crippen molar-refractivity contribution >= 4 is 23.6 Å². The van der Waals surface area contributed by atoms with Crippen LogP contribution in [0.2, 0.25) is 0 Å². The summed E-state index contributed by atoms with van der Waals surface area (Å²) in [6.07, 6.45) is 1.03. The van der Waals surface area contributed by atoms with E-state index in [0.29, 0.717) is 37.6 Å². The summed E-state index contributed by atoms with van der Waals surface area (Å²) in [5.41, 5.74) is 12.3. The van der Waals surface area contributed by atoms with E-state index in [2.05, 4.69) is 26.7 Å². The average Bonchev–Trinajstić information content (AvgIpc) is 3.28. The van der Waals surface area contributed by atoms with Gasteiger partial charge in [0.05, 0.1) is 0 Å². The first-order valence-corrected chi connectivity index (χ1v) is 11.0. The van der Waals surface area contributed by atoms with Gasteiger partial charge in [0.15, 0.2) is 5.84 Å². The van der Waals surface area contributed by atoms with E-state index in [0.717, 1.165) is 5.69 Å². The largest absolute Gasteiger partial charge is 0.444 e. The zero-order valence-corrected chi connectivity index (χ0v) is 20.1. The molecule has 0 unspecified atom stereocenters. The second-order valence-electron chi connectivity index (χ2n) is 8.98. The fourth-order valence-electron chi connectivity index (χ4n) is 3.35. The number of piperidine rings is 1. The molecule has 1 saturated heterocycles. The molecule has 1 amide bonds. The number of para-hydroxylation sites is 1. The van der Waals surface area contributed by atoms with Crippen molar-refractivity contribution < 1.29 is 14.1 Å². The third-order valence-corrected chi connectivity index (χ3v) is 5.18. The highest BCUT2D eigenvalue weighted by Gasteiger charge is 2.30. The smallest absolute Gasteiger partial charge is 0.410 e. The number of aliphatic imine (C=N–C) groups is 2. The van der Waals surface area contributed by atoms with Gasteiger partial charge in [-0.2, -0.15) is 15.0 Å². The van der Waals surface area contributed by atoms with Gasteiger partial charge in [-0.05, 0) is 45.7 Å². The first-order valence-electron chi connectivity index (χ1n) is 11.0. The van der Waals surface area contributed by atoms with E-state index in [1.54, 1.807) is 9.80 Å². The van der Waals surface area contributed by atoms with Crippen molar-refractivity contribution in [3.8, 4) is 0 Å². The van der Waals surface area contributed by atoms with E-state index in [-0.39, 0.29) is 29.6 Å². The lowest BCUT2D eigenvalue weighted by Gasteiger charge is -2.32. The van der Waals surface area contributed by atoms with Crippen molar-refractivity contribution in [2.45, 2.75) is 45.1 Å². The minimum Gasteiger partial charge on any atom is -0.444 e. The SMILES string of the molecule is C=C(N=C(N)N=C(N)c1noc(C2CCN(C(=O)OC(C)(C)C)CC2)n1)N(C)c1ccccc1. The normalized spacial score (nSPS) is 15.8. The minimum atomic E-state index is -0.527. The van der Waals surface area contributed by atoms with Crippen LogP contribution in [0.1, 0.15) is 51.2 Å². The van der Waals surface area contributed by atoms with Gasteiger partial charge < -0.3 is 30.5 Å². The zero-order valence-electron chi connectivity index (χ0n) is 20.1. The summed E-state index contributed by atoms with van der Waals surface area (Å²) in [7, 11) is 1.82. The standard InChI is InChI=1S/C23H32N8O3/c1-15(30(5)17-9-7-6-8-10-17)26-21(25)27-18(24)19-28-20(34-29-19)16-11-13-31(14-12-16)22(32)33-23(2,3)4/h6-10,16H,1,11-14H2,2-5H3,(H4,24,25,26,27). The lowest BCUT2D eigenvalue weighted by molar-refractivity contribution is 0.0198. The number of hydrogen-bond donors (Lipinski definition) is 2. The third-order valence-electron chi connectivity index (χ3n) is 5.18. The maximum Gasteiger partial charge on any atom is 0.410 e. The highest BCUT2D eigenvalue weighted by Crippen LogP contribution is 2.27. The van der Waals surface area contributed by atoms with Gasteiger partial charge >= 0.3 is 6.09 Å². The molecule has 11 heteroatoms. The highest BCUT2D eigenvalue weighted by molar-refractivity contribution is 6.02. The van der Waals surface area contributed by atoms with Crippen molar-refractivity contribution in [2.75, 3.05) is 25.0 Å². The fourth-order valence-corrected chi connectivity index (χ4v) is 3.35. The maximum atomic E-state index is 12.2. The third kappa shape index (κ3) is 6.56. The fraction of sp³-hybridized carbons (Fsp3) is 0.435. The molecule has 182 valence electrons. The summed E-state index contributed by atoms with van der Waals surface area (Å²) in [6, 6.07) is 9.60.